The van der Waals surface area contributed by atoms with Crippen LogP contribution in [0.1, 0.15) is 61.4 Å². The van der Waals surface area contributed by atoms with Gasteiger partial charge in [0.15, 0.2) is 0 Å². The molecule has 6 aromatic rings. The van der Waals surface area contributed by atoms with E-state index in [1.165, 1.54) is 83.5 Å². The van der Waals surface area contributed by atoms with E-state index >= 15 is 0 Å². The molecule has 0 amide bonds. The summed E-state index contributed by atoms with van der Waals surface area (Å²) in [5.41, 5.74) is 19.7. The van der Waals surface area contributed by atoms with E-state index in [-0.39, 0.29) is 5.41 Å². The quantitative estimate of drug-likeness (QED) is 0.181. The minimum Gasteiger partial charge on any atom is -0.0760 e. The normalized spacial score (nSPS) is 18.8. The summed E-state index contributed by atoms with van der Waals surface area (Å²) in [7, 11) is 0. The summed E-state index contributed by atoms with van der Waals surface area (Å²) >= 11 is 0. The summed E-state index contributed by atoms with van der Waals surface area (Å²) in [5.74, 6) is 0. The average molecular weight is 617 g/mol. The van der Waals surface area contributed by atoms with Crippen molar-refractivity contribution in [1.29, 1.82) is 0 Å². The lowest BCUT2D eigenvalue weighted by molar-refractivity contribution is 0.660. The Labute approximate surface area is 285 Å². The van der Waals surface area contributed by atoms with Crippen LogP contribution in [0.4, 0.5) is 0 Å². The predicted octanol–water partition coefficient (Wildman–Crippen LogP) is 13.1. The first-order valence-electron chi connectivity index (χ1n) is 17.2. The third-order valence-electron chi connectivity index (χ3n) is 10.5. The number of allylic oxidation sites excluding steroid dienone is 6. The third-order valence-corrected chi connectivity index (χ3v) is 10.5. The highest BCUT2D eigenvalue weighted by atomic mass is 14.4. The fourth-order valence-corrected chi connectivity index (χ4v) is 7.83. The molecule has 8 rings (SSSR count). The molecule has 0 spiro atoms. The molecular formula is C48H40. The molecule has 0 N–H and O–H groups in total. The molecule has 0 nitrogen and oxygen atoms in total. The molecule has 0 aromatic heterocycles. The van der Waals surface area contributed by atoms with Crippen LogP contribution in [-0.2, 0) is 5.41 Å². The summed E-state index contributed by atoms with van der Waals surface area (Å²) < 4.78 is 0. The number of benzene rings is 6. The summed E-state index contributed by atoms with van der Waals surface area (Å²) in [6.45, 7) is 7.07. The van der Waals surface area contributed by atoms with Crippen molar-refractivity contribution in [2.24, 2.45) is 0 Å². The van der Waals surface area contributed by atoms with Gasteiger partial charge in [0, 0.05) is 5.41 Å². The Bertz CT molecular complexity index is 2200. The van der Waals surface area contributed by atoms with Crippen molar-refractivity contribution in [3.05, 3.63) is 197 Å². The van der Waals surface area contributed by atoms with Crippen molar-refractivity contribution in [1.82, 2.24) is 0 Å². The molecule has 2 aliphatic rings. The van der Waals surface area contributed by atoms with Gasteiger partial charge in [-0.2, -0.15) is 0 Å². The highest BCUT2D eigenvalue weighted by Crippen LogP contribution is 2.52. The molecule has 6 aromatic carbocycles. The van der Waals surface area contributed by atoms with Gasteiger partial charge >= 0.3 is 0 Å². The summed E-state index contributed by atoms with van der Waals surface area (Å²) in [5, 5.41) is 0. The molecule has 0 radical (unpaired) electrons. The molecule has 0 unspecified atom stereocenters. The SMILES string of the molecule is CC1=C(c2cccc3c2-c2ccccc2C3(C)C)/C=C(/c2ccc(-c3ccccc3)cc2)CC/C=C\1c1ccc(-c2ccccc2)cc1. The van der Waals surface area contributed by atoms with Gasteiger partial charge in [-0.15, -0.1) is 0 Å². The van der Waals surface area contributed by atoms with Crippen molar-refractivity contribution in [2.75, 3.05) is 0 Å². The number of hydrogen-bond donors (Lipinski definition) is 0. The predicted molar refractivity (Wildman–Crippen MR) is 206 cm³/mol. The fraction of sp³-hybridized carbons (Fsp3) is 0.125. The first-order chi connectivity index (χ1) is 23.5. The molecule has 0 heteroatoms. The van der Waals surface area contributed by atoms with E-state index in [9.17, 15) is 0 Å². The molecule has 0 heterocycles. The number of rotatable bonds is 5. The van der Waals surface area contributed by atoms with Gasteiger partial charge in [0.2, 0.25) is 0 Å². The van der Waals surface area contributed by atoms with Crippen molar-refractivity contribution in [2.45, 2.75) is 39.0 Å². The second-order valence-corrected chi connectivity index (χ2v) is 13.7. The van der Waals surface area contributed by atoms with Gasteiger partial charge in [-0.3, -0.25) is 0 Å². The van der Waals surface area contributed by atoms with E-state index in [0.29, 0.717) is 0 Å². The van der Waals surface area contributed by atoms with E-state index in [4.69, 9.17) is 0 Å². The number of fused-ring (bicyclic) bond motifs is 3. The van der Waals surface area contributed by atoms with Gasteiger partial charge < -0.3 is 0 Å². The molecule has 0 fully saturated rings. The zero-order valence-electron chi connectivity index (χ0n) is 28.0. The van der Waals surface area contributed by atoms with Crippen LogP contribution in [0.25, 0.3) is 50.1 Å². The minimum atomic E-state index is -0.0518. The molecule has 2 aliphatic carbocycles. The molecule has 0 aliphatic heterocycles. The number of hydrogen-bond acceptors (Lipinski definition) is 0. The standard InChI is InChI=1S/C48H40/c1-33-41(39-30-28-37(29-31-39)35-16-8-5-9-17-35)20-12-18-40(38-26-24-36(25-27-38)34-14-6-4-7-15-34)32-44(33)42-21-13-23-46-47(42)43-19-10-11-22-45(43)48(46,2)3/h4-11,13-17,19-32H,12,18H2,1-3H3/b40-32+,41-20+,44-33+. The zero-order valence-corrected chi connectivity index (χ0v) is 28.0. The van der Waals surface area contributed by atoms with Gasteiger partial charge in [-0.1, -0.05) is 178 Å². The molecule has 0 saturated carbocycles. The zero-order chi connectivity index (χ0) is 32.7. The molecule has 0 atom stereocenters. The molecular weight excluding hydrogens is 577 g/mol. The molecule has 48 heavy (non-hydrogen) atoms. The van der Waals surface area contributed by atoms with Crippen molar-refractivity contribution < 1.29 is 0 Å². The Morgan fingerprint density at radius 2 is 0.958 bits per heavy atom. The topological polar surface area (TPSA) is 0 Å². The Balaban J connectivity index is 1.29. The van der Waals surface area contributed by atoms with E-state index in [1.807, 2.05) is 0 Å². The smallest absolute Gasteiger partial charge is 0.0159 e. The molecule has 0 saturated heterocycles. The summed E-state index contributed by atoms with van der Waals surface area (Å²) in [6.07, 6.45) is 6.93. The van der Waals surface area contributed by atoms with Crippen LogP contribution < -0.4 is 0 Å². The van der Waals surface area contributed by atoms with Crippen molar-refractivity contribution in [3.8, 4) is 33.4 Å². The van der Waals surface area contributed by atoms with Crippen LogP contribution in [0.3, 0.4) is 0 Å². The van der Waals surface area contributed by atoms with Gasteiger partial charge in [-0.05, 0) is 103 Å². The van der Waals surface area contributed by atoms with Crippen LogP contribution >= 0.6 is 0 Å². The Kier molecular flexibility index (Phi) is 7.66. The van der Waals surface area contributed by atoms with Crippen LogP contribution in [0.5, 0.6) is 0 Å². The largest absolute Gasteiger partial charge is 0.0760 e. The van der Waals surface area contributed by atoms with E-state index in [2.05, 4.69) is 185 Å². The highest BCUT2D eigenvalue weighted by Gasteiger charge is 2.37. The van der Waals surface area contributed by atoms with Gasteiger partial charge in [-0.25, -0.2) is 0 Å². The maximum atomic E-state index is 2.50. The summed E-state index contributed by atoms with van der Waals surface area (Å²) in [6, 6.07) is 55.6. The third kappa shape index (κ3) is 5.28. The fourth-order valence-electron chi connectivity index (χ4n) is 7.83. The maximum absolute atomic E-state index is 2.50. The lowest BCUT2D eigenvalue weighted by atomic mass is 9.80. The van der Waals surface area contributed by atoms with Crippen LogP contribution in [0, 0.1) is 0 Å². The van der Waals surface area contributed by atoms with Crippen molar-refractivity contribution >= 4 is 16.7 Å². The Morgan fingerprint density at radius 1 is 0.458 bits per heavy atom. The Hall–Kier alpha value is -5.46. The van der Waals surface area contributed by atoms with E-state index in [0.717, 1.165) is 12.8 Å². The van der Waals surface area contributed by atoms with E-state index in [1.54, 1.807) is 0 Å². The van der Waals surface area contributed by atoms with Crippen LogP contribution in [0.2, 0.25) is 0 Å². The highest BCUT2D eigenvalue weighted by molar-refractivity contribution is 6.01. The lowest BCUT2D eigenvalue weighted by Crippen LogP contribution is -2.14. The van der Waals surface area contributed by atoms with Crippen LogP contribution in [-0.4, -0.2) is 0 Å². The second-order valence-electron chi connectivity index (χ2n) is 13.7. The van der Waals surface area contributed by atoms with Crippen LogP contribution in [0.15, 0.2) is 169 Å². The first kappa shape index (κ1) is 29.9. The van der Waals surface area contributed by atoms with Gasteiger partial charge in [0.1, 0.15) is 0 Å². The minimum absolute atomic E-state index is 0.0518. The Morgan fingerprint density at radius 3 is 1.60 bits per heavy atom. The monoisotopic (exact) mass is 616 g/mol. The first-order valence-corrected chi connectivity index (χ1v) is 17.2. The molecule has 232 valence electrons. The average Bonchev–Trinajstić information content (AvgIpc) is 3.38. The van der Waals surface area contributed by atoms with E-state index < -0.39 is 0 Å². The second kappa shape index (κ2) is 12.3. The maximum Gasteiger partial charge on any atom is 0.0159 e. The lowest BCUT2D eigenvalue weighted by Gasteiger charge is -2.23. The summed E-state index contributed by atoms with van der Waals surface area (Å²) in [4.78, 5) is 0. The van der Waals surface area contributed by atoms with Gasteiger partial charge in [0.25, 0.3) is 0 Å². The molecule has 0 bridgehead atoms. The van der Waals surface area contributed by atoms with Crippen molar-refractivity contribution in [3.63, 3.8) is 0 Å². The van der Waals surface area contributed by atoms with Gasteiger partial charge in [0.05, 0.1) is 0 Å².